The van der Waals surface area contributed by atoms with Gasteiger partial charge in [-0.2, -0.15) is 0 Å². The molecule has 0 fully saturated rings. The third-order valence-electron chi connectivity index (χ3n) is 3.59. The summed E-state index contributed by atoms with van der Waals surface area (Å²) in [4.78, 5) is 13.8. The van der Waals surface area contributed by atoms with Crippen molar-refractivity contribution < 1.29 is 9.90 Å². The molecule has 6 heteroatoms. The minimum atomic E-state index is -0.268. The van der Waals surface area contributed by atoms with Crippen LogP contribution >= 0.6 is 11.6 Å². The molecule has 0 unspecified atom stereocenters. The molecule has 0 bridgehead atoms. The lowest BCUT2D eigenvalue weighted by Gasteiger charge is -2.15. The van der Waals surface area contributed by atoms with Gasteiger partial charge in [0.05, 0.1) is 17.3 Å². The molecular formula is C18H22ClN3O2. The van der Waals surface area contributed by atoms with E-state index in [1.165, 1.54) is 0 Å². The maximum Gasteiger partial charge on any atom is 0.319 e. The van der Waals surface area contributed by atoms with Crippen LogP contribution in [0.4, 0.5) is 16.2 Å². The van der Waals surface area contributed by atoms with Crippen LogP contribution in [-0.4, -0.2) is 31.8 Å². The van der Waals surface area contributed by atoms with Crippen LogP contribution < -0.4 is 15.5 Å². The molecule has 0 aliphatic rings. The Hall–Kier alpha value is -2.24. The zero-order valence-corrected chi connectivity index (χ0v) is 14.6. The van der Waals surface area contributed by atoms with E-state index in [1.807, 2.05) is 55.4 Å². The molecule has 2 aromatic rings. The second kappa shape index (κ2) is 8.57. The number of aliphatic hydroxyl groups is 1. The number of halogens is 1. The molecule has 0 atom stereocenters. The fraction of sp³-hybridized carbons (Fsp3) is 0.278. The molecule has 3 N–H and O–H groups in total. The normalized spacial score (nSPS) is 10.3. The maximum absolute atomic E-state index is 11.9. The van der Waals surface area contributed by atoms with Crippen molar-refractivity contribution in [2.75, 3.05) is 30.9 Å². The molecule has 0 heterocycles. The Bertz CT molecular complexity index is 687. The van der Waals surface area contributed by atoms with Crippen LogP contribution in [0.2, 0.25) is 5.02 Å². The molecular weight excluding hydrogens is 326 g/mol. The van der Waals surface area contributed by atoms with E-state index in [2.05, 4.69) is 10.6 Å². The Labute approximate surface area is 147 Å². The molecule has 0 aromatic heterocycles. The van der Waals surface area contributed by atoms with Gasteiger partial charge in [0, 0.05) is 26.3 Å². The van der Waals surface area contributed by atoms with Gasteiger partial charge in [-0.15, -0.1) is 0 Å². The number of aliphatic hydroxyl groups excluding tert-OH is 1. The number of rotatable bonds is 6. The van der Waals surface area contributed by atoms with Gasteiger partial charge < -0.3 is 20.6 Å². The van der Waals surface area contributed by atoms with E-state index in [1.54, 1.807) is 6.07 Å². The summed E-state index contributed by atoms with van der Waals surface area (Å²) in [5.41, 5.74) is 3.53. The van der Waals surface area contributed by atoms with Crippen LogP contribution in [0.15, 0.2) is 42.5 Å². The Morgan fingerprint density at radius 3 is 2.38 bits per heavy atom. The summed E-state index contributed by atoms with van der Waals surface area (Å²) in [6, 6.07) is 12.8. The third-order valence-corrected chi connectivity index (χ3v) is 3.89. The van der Waals surface area contributed by atoms with Crippen LogP contribution in [0.3, 0.4) is 0 Å². The molecule has 0 radical (unpaired) electrons. The first-order valence-corrected chi connectivity index (χ1v) is 8.08. The lowest BCUT2D eigenvalue weighted by molar-refractivity contribution is 0.252. The van der Waals surface area contributed by atoms with E-state index >= 15 is 0 Å². The topological polar surface area (TPSA) is 64.6 Å². The minimum absolute atomic E-state index is 0.0378. The monoisotopic (exact) mass is 347 g/mol. The van der Waals surface area contributed by atoms with E-state index in [0.29, 0.717) is 17.3 Å². The molecule has 24 heavy (non-hydrogen) atoms. The van der Waals surface area contributed by atoms with Gasteiger partial charge in [0.25, 0.3) is 0 Å². The molecule has 0 aliphatic carbocycles. The van der Waals surface area contributed by atoms with E-state index in [9.17, 15) is 4.79 Å². The summed E-state index contributed by atoms with van der Waals surface area (Å²) in [5, 5.41) is 15.2. The lowest BCUT2D eigenvalue weighted by atomic mass is 10.1. The first-order valence-electron chi connectivity index (χ1n) is 7.70. The van der Waals surface area contributed by atoms with Crippen molar-refractivity contribution in [3.05, 3.63) is 58.6 Å². The van der Waals surface area contributed by atoms with Crippen molar-refractivity contribution in [3.63, 3.8) is 0 Å². The average Bonchev–Trinajstić information content (AvgIpc) is 2.55. The van der Waals surface area contributed by atoms with Gasteiger partial charge in [-0.25, -0.2) is 4.79 Å². The Morgan fingerprint density at radius 1 is 1.12 bits per heavy atom. The van der Waals surface area contributed by atoms with Crippen LogP contribution in [0.1, 0.15) is 11.1 Å². The quantitative estimate of drug-likeness (QED) is 0.751. The van der Waals surface area contributed by atoms with Crippen LogP contribution in [0.5, 0.6) is 0 Å². The number of carbonyl (C=O) groups excluding carboxylic acids is 1. The van der Waals surface area contributed by atoms with Gasteiger partial charge in [-0.1, -0.05) is 35.9 Å². The van der Waals surface area contributed by atoms with Crippen LogP contribution in [0.25, 0.3) is 0 Å². The SMILES string of the molecule is CN(C)c1ccc(NC(=O)NCCc2ccc(CO)cc2)cc1Cl. The maximum atomic E-state index is 11.9. The highest BCUT2D eigenvalue weighted by molar-refractivity contribution is 6.33. The number of anilines is 2. The molecule has 0 aliphatic heterocycles. The number of nitrogens with zero attached hydrogens (tertiary/aromatic N) is 1. The fourth-order valence-corrected chi connectivity index (χ4v) is 2.60. The largest absolute Gasteiger partial charge is 0.392 e. The van der Waals surface area contributed by atoms with Gasteiger partial charge in [0.2, 0.25) is 0 Å². The number of hydrogen-bond acceptors (Lipinski definition) is 3. The Kier molecular flexibility index (Phi) is 6.46. The lowest BCUT2D eigenvalue weighted by Crippen LogP contribution is -2.30. The van der Waals surface area contributed by atoms with Gasteiger partial charge in [0.15, 0.2) is 0 Å². The van der Waals surface area contributed by atoms with Crippen LogP contribution in [0, 0.1) is 0 Å². The highest BCUT2D eigenvalue weighted by Crippen LogP contribution is 2.27. The average molecular weight is 348 g/mol. The predicted octanol–water partition coefficient (Wildman–Crippen LogP) is 3.26. The van der Waals surface area contributed by atoms with Crippen molar-refractivity contribution in [1.82, 2.24) is 5.32 Å². The highest BCUT2D eigenvalue weighted by Gasteiger charge is 2.06. The third kappa shape index (κ3) is 5.15. The molecule has 2 aromatic carbocycles. The van der Waals surface area contributed by atoms with Gasteiger partial charge in [-0.05, 0) is 35.7 Å². The number of amides is 2. The van der Waals surface area contributed by atoms with E-state index in [0.717, 1.165) is 23.2 Å². The highest BCUT2D eigenvalue weighted by atomic mass is 35.5. The first kappa shape index (κ1) is 18.1. The summed E-state index contributed by atoms with van der Waals surface area (Å²) in [6.07, 6.45) is 0.722. The Morgan fingerprint density at radius 2 is 1.79 bits per heavy atom. The predicted molar refractivity (Wildman–Crippen MR) is 98.9 cm³/mol. The van der Waals surface area contributed by atoms with Crippen molar-refractivity contribution in [2.45, 2.75) is 13.0 Å². The number of urea groups is 1. The van der Waals surface area contributed by atoms with E-state index < -0.39 is 0 Å². The second-order valence-electron chi connectivity index (χ2n) is 5.67. The number of benzene rings is 2. The van der Waals surface area contributed by atoms with E-state index in [4.69, 9.17) is 16.7 Å². The summed E-state index contributed by atoms with van der Waals surface area (Å²) in [5.74, 6) is 0. The number of carbonyl (C=O) groups is 1. The standard InChI is InChI=1S/C18H22ClN3O2/c1-22(2)17-8-7-15(11-16(17)19)21-18(24)20-10-9-13-3-5-14(12-23)6-4-13/h3-8,11,23H,9-10,12H2,1-2H3,(H2,20,21,24). The molecule has 2 rings (SSSR count). The van der Waals surface area contributed by atoms with Crippen molar-refractivity contribution in [1.29, 1.82) is 0 Å². The Balaban J connectivity index is 1.81. The molecule has 0 saturated heterocycles. The smallest absolute Gasteiger partial charge is 0.319 e. The number of nitrogens with one attached hydrogen (secondary N) is 2. The van der Waals surface area contributed by atoms with Gasteiger partial charge in [0.1, 0.15) is 0 Å². The second-order valence-corrected chi connectivity index (χ2v) is 6.07. The zero-order chi connectivity index (χ0) is 17.5. The molecule has 128 valence electrons. The minimum Gasteiger partial charge on any atom is -0.392 e. The first-order chi connectivity index (χ1) is 11.5. The van der Waals surface area contributed by atoms with Crippen LogP contribution in [-0.2, 0) is 13.0 Å². The molecule has 5 nitrogen and oxygen atoms in total. The molecule has 0 spiro atoms. The van der Waals surface area contributed by atoms with Crippen molar-refractivity contribution in [3.8, 4) is 0 Å². The molecule has 2 amide bonds. The summed E-state index contributed by atoms with van der Waals surface area (Å²) >= 11 is 6.19. The summed E-state index contributed by atoms with van der Waals surface area (Å²) < 4.78 is 0. The molecule has 0 saturated carbocycles. The van der Waals surface area contributed by atoms with Gasteiger partial charge in [-0.3, -0.25) is 0 Å². The fourth-order valence-electron chi connectivity index (χ4n) is 2.25. The van der Waals surface area contributed by atoms with E-state index in [-0.39, 0.29) is 12.6 Å². The van der Waals surface area contributed by atoms with Crippen molar-refractivity contribution >= 4 is 29.0 Å². The summed E-state index contributed by atoms with van der Waals surface area (Å²) in [6.45, 7) is 0.559. The zero-order valence-electron chi connectivity index (χ0n) is 13.8. The summed E-state index contributed by atoms with van der Waals surface area (Å²) in [7, 11) is 3.82. The van der Waals surface area contributed by atoms with Gasteiger partial charge >= 0.3 is 6.03 Å². The number of hydrogen-bond donors (Lipinski definition) is 3. The van der Waals surface area contributed by atoms with Crippen molar-refractivity contribution in [2.24, 2.45) is 0 Å².